The van der Waals surface area contributed by atoms with Crippen LogP contribution in [-0.4, -0.2) is 10.8 Å². The van der Waals surface area contributed by atoms with E-state index in [9.17, 15) is 0 Å². The van der Waals surface area contributed by atoms with E-state index in [2.05, 4.69) is 192 Å². The molecular weight excluding hydrogens is 683 g/mol. The van der Waals surface area contributed by atoms with E-state index in [1.165, 1.54) is 27.6 Å². The predicted octanol–water partition coefficient (Wildman–Crippen LogP) is 11.3. The molecular formula is C51H39N5. The lowest BCUT2D eigenvalue weighted by atomic mass is 9.91. The van der Waals surface area contributed by atoms with E-state index in [0.717, 1.165) is 68.1 Å². The first-order chi connectivity index (χ1) is 27.7. The first kappa shape index (κ1) is 33.5. The molecule has 0 saturated heterocycles. The van der Waals surface area contributed by atoms with Crippen LogP contribution < -0.4 is 16.0 Å². The predicted molar refractivity (Wildman–Crippen MR) is 231 cm³/mol. The van der Waals surface area contributed by atoms with Crippen LogP contribution in [0.25, 0.3) is 61.6 Å². The topological polar surface area (TPSA) is 61.3 Å². The Bertz CT molecular complexity index is 2740. The Morgan fingerprint density at radius 3 is 1.84 bits per heavy atom. The second-order valence-corrected chi connectivity index (χ2v) is 14.4. The summed E-state index contributed by atoms with van der Waals surface area (Å²) in [6.45, 7) is 0.744. The Balaban J connectivity index is 1.08. The number of benzene rings is 7. The number of aromatic nitrogens is 1. The number of para-hydroxylation sites is 1. The molecule has 1 aromatic heterocycles. The van der Waals surface area contributed by atoms with Gasteiger partial charge in [0.15, 0.2) is 0 Å². The van der Waals surface area contributed by atoms with Gasteiger partial charge in [-0.25, -0.2) is 9.98 Å². The zero-order valence-electron chi connectivity index (χ0n) is 30.7. The summed E-state index contributed by atoms with van der Waals surface area (Å²) in [5, 5.41) is 12.2. The molecule has 8 aromatic rings. The molecule has 0 aliphatic carbocycles. The molecule has 268 valence electrons. The Morgan fingerprint density at radius 1 is 0.482 bits per heavy atom. The summed E-state index contributed by atoms with van der Waals surface area (Å²) in [5.74, 6) is 0.862. The standard InChI is InChI=1S/C51H39N5/c1-4-13-34(14-5-1)39-19-12-20-40(29-39)42-30-41(35-23-25-36(26-24-35)48-46-33-52-28-27-44(46)45-21-10-11-22-47(45)53-48)31-43(32-42)51-55-49(37-15-6-2-7-16-37)54-50(56-51)38-17-8-3-9-18-38/h1-32,49,51-52,55H,33H2,(H,54,56). The fourth-order valence-electron chi connectivity index (χ4n) is 7.95. The van der Waals surface area contributed by atoms with E-state index in [0.29, 0.717) is 0 Å². The van der Waals surface area contributed by atoms with Gasteiger partial charge in [0, 0.05) is 28.6 Å². The molecule has 0 radical (unpaired) electrons. The van der Waals surface area contributed by atoms with Crippen LogP contribution in [0.1, 0.15) is 40.1 Å². The molecule has 0 bridgehead atoms. The van der Waals surface area contributed by atoms with Crippen LogP contribution in [0.4, 0.5) is 0 Å². The molecule has 2 aliphatic heterocycles. The molecule has 3 N–H and O–H groups in total. The van der Waals surface area contributed by atoms with Gasteiger partial charge in [-0.15, -0.1) is 0 Å². The number of aliphatic imine (C=N–C) groups is 1. The number of amidine groups is 1. The van der Waals surface area contributed by atoms with Crippen molar-refractivity contribution in [1.29, 1.82) is 0 Å². The van der Waals surface area contributed by atoms with E-state index in [-0.39, 0.29) is 12.3 Å². The summed E-state index contributed by atoms with van der Waals surface area (Å²) in [7, 11) is 0. The fraction of sp³-hybridized carbons (Fsp3) is 0.0588. The number of nitrogens with zero attached hydrogens (tertiary/aromatic N) is 2. The molecule has 5 heteroatoms. The second kappa shape index (κ2) is 14.6. The lowest BCUT2D eigenvalue weighted by Crippen LogP contribution is -2.45. The number of hydrogen-bond donors (Lipinski definition) is 3. The molecule has 0 amide bonds. The first-order valence-electron chi connectivity index (χ1n) is 19.2. The van der Waals surface area contributed by atoms with Crippen LogP contribution in [0, 0.1) is 0 Å². The minimum absolute atomic E-state index is 0.211. The van der Waals surface area contributed by atoms with Gasteiger partial charge in [-0.1, -0.05) is 152 Å². The normalized spacial score (nSPS) is 16.0. The Kier molecular flexibility index (Phi) is 8.75. The zero-order valence-corrected chi connectivity index (χ0v) is 30.7. The molecule has 7 aromatic carbocycles. The van der Waals surface area contributed by atoms with Crippen LogP contribution >= 0.6 is 0 Å². The zero-order chi connectivity index (χ0) is 37.3. The molecule has 10 rings (SSSR count). The third kappa shape index (κ3) is 6.55. The number of nitrogens with one attached hydrogen (secondary N) is 3. The quantitative estimate of drug-likeness (QED) is 0.153. The molecule has 0 spiro atoms. The van der Waals surface area contributed by atoms with E-state index < -0.39 is 0 Å². The highest BCUT2D eigenvalue weighted by molar-refractivity contribution is 5.99. The van der Waals surface area contributed by atoms with Crippen molar-refractivity contribution in [3.05, 3.63) is 216 Å². The molecule has 2 atom stereocenters. The number of hydrogen-bond acceptors (Lipinski definition) is 5. The Morgan fingerprint density at radius 2 is 1.07 bits per heavy atom. The molecule has 2 unspecified atom stereocenters. The maximum Gasteiger partial charge on any atom is 0.131 e. The van der Waals surface area contributed by atoms with E-state index >= 15 is 0 Å². The van der Waals surface area contributed by atoms with Crippen molar-refractivity contribution in [3.63, 3.8) is 0 Å². The third-order valence-electron chi connectivity index (χ3n) is 10.8. The van der Waals surface area contributed by atoms with Crippen molar-refractivity contribution in [2.24, 2.45) is 4.99 Å². The summed E-state index contributed by atoms with van der Waals surface area (Å²) >= 11 is 0. The Hall–Kier alpha value is -7.08. The van der Waals surface area contributed by atoms with Crippen LogP contribution in [0.5, 0.6) is 0 Å². The highest BCUT2D eigenvalue weighted by Crippen LogP contribution is 2.37. The third-order valence-corrected chi connectivity index (χ3v) is 10.8. The summed E-state index contributed by atoms with van der Waals surface area (Å²) in [4.78, 5) is 10.4. The molecule has 0 fully saturated rings. The van der Waals surface area contributed by atoms with Crippen LogP contribution in [-0.2, 0) is 6.54 Å². The van der Waals surface area contributed by atoms with E-state index in [4.69, 9.17) is 9.98 Å². The van der Waals surface area contributed by atoms with E-state index in [1.807, 2.05) is 18.3 Å². The van der Waals surface area contributed by atoms with Crippen molar-refractivity contribution in [3.8, 4) is 44.6 Å². The molecule has 3 heterocycles. The van der Waals surface area contributed by atoms with Gasteiger partial charge in [0.2, 0.25) is 0 Å². The second-order valence-electron chi connectivity index (χ2n) is 14.4. The minimum atomic E-state index is -0.227. The number of fused-ring (bicyclic) bond motifs is 3. The van der Waals surface area contributed by atoms with Gasteiger partial charge >= 0.3 is 0 Å². The Labute approximate surface area is 327 Å². The average Bonchev–Trinajstić information content (AvgIpc) is 3.29. The van der Waals surface area contributed by atoms with Crippen molar-refractivity contribution in [2.45, 2.75) is 18.9 Å². The van der Waals surface area contributed by atoms with Gasteiger partial charge in [-0.2, -0.15) is 0 Å². The van der Waals surface area contributed by atoms with Gasteiger partial charge in [-0.05, 0) is 92.7 Å². The van der Waals surface area contributed by atoms with Crippen molar-refractivity contribution in [1.82, 2.24) is 20.9 Å². The fourth-order valence-corrected chi connectivity index (χ4v) is 7.95. The highest BCUT2D eigenvalue weighted by atomic mass is 15.3. The largest absolute Gasteiger partial charge is 0.387 e. The first-order valence-corrected chi connectivity index (χ1v) is 19.2. The molecule has 0 saturated carbocycles. The number of rotatable bonds is 7. The van der Waals surface area contributed by atoms with Gasteiger partial charge in [-0.3, -0.25) is 5.32 Å². The summed E-state index contributed by atoms with van der Waals surface area (Å²) in [6.07, 6.45) is 3.77. The SMILES string of the molecule is C1=Cc2c(c(-c3ccc(-c4cc(-c5cccc(-c6ccccc6)c5)cc(C5NC(c6ccccc6)=NC(c6ccccc6)N5)c4)cc3)nc3ccccc23)CN1. The van der Waals surface area contributed by atoms with Crippen LogP contribution in [0.15, 0.2) is 193 Å². The maximum absolute atomic E-state index is 5.19. The van der Waals surface area contributed by atoms with Crippen molar-refractivity contribution >= 4 is 22.8 Å². The molecule has 56 heavy (non-hydrogen) atoms. The van der Waals surface area contributed by atoms with Crippen LogP contribution in [0.2, 0.25) is 0 Å². The maximum atomic E-state index is 5.19. The molecule has 2 aliphatic rings. The monoisotopic (exact) mass is 721 g/mol. The van der Waals surface area contributed by atoms with Crippen molar-refractivity contribution in [2.75, 3.05) is 0 Å². The average molecular weight is 722 g/mol. The summed E-state index contributed by atoms with van der Waals surface area (Å²) in [6, 6.07) is 64.6. The van der Waals surface area contributed by atoms with E-state index in [1.54, 1.807) is 0 Å². The summed E-state index contributed by atoms with van der Waals surface area (Å²) < 4.78 is 0. The van der Waals surface area contributed by atoms with Gasteiger partial charge in [0.25, 0.3) is 0 Å². The minimum Gasteiger partial charge on any atom is -0.387 e. The van der Waals surface area contributed by atoms with Crippen molar-refractivity contribution < 1.29 is 0 Å². The summed E-state index contributed by atoms with van der Waals surface area (Å²) in [5.41, 5.74) is 15.8. The number of pyridine rings is 1. The smallest absolute Gasteiger partial charge is 0.131 e. The van der Waals surface area contributed by atoms with Gasteiger partial charge in [0.1, 0.15) is 18.2 Å². The molecule has 5 nitrogen and oxygen atoms in total. The van der Waals surface area contributed by atoms with Crippen LogP contribution in [0.3, 0.4) is 0 Å². The lowest BCUT2D eigenvalue weighted by Gasteiger charge is -2.32. The van der Waals surface area contributed by atoms with Gasteiger partial charge < -0.3 is 10.6 Å². The lowest BCUT2D eigenvalue weighted by molar-refractivity contribution is 0.409. The highest BCUT2D eigenvalue weighted by Gasteiger charge is 2.26. The van der Waals surface area contributed by atoms with Gasteiger partial charge in [0.05, 0.1) is 11.2 Å².